The van der Waals surface area contributed by atoms with Crippen molar-refractivity contribution in [1.29, 1.82) is 0 Å². The molecule has 1 aromatic carbocycles. The number of benzene rings is 1. The molecule has 0 spiro atoms. The predicted octanol–water partition coefficient (Wildman–Crippen LogP) is 1.78. The third kappa shape index (κ3) is 2.86. The summed E-state index contributed by atoms with van der Waals surface area (Å²) in [6, 6.07) is 5.03. The fourth-order valence-electron chi connectivity index (χ4n) is 2.09. The number of nitrogens with zero attached hydrogens (tertiary/aromatic N) is 1. The SMILES string of the molecule is CCN(c1ccc(C(N)=O)cc1C)C(C)(C)C(=O)O. The minimum atomic E-state index is -1.02. The van der Waals surface area contributed by atoms with Crippen LogP contribution in [0.2, 0.25) is 0 Å². The van der Waals surface area contributed by atoms with E-state index < -0.39 is 17.4 Å². The van der Waals surface area contributed by atoms with Crippen molar-refractivity contribution in [1.82, 2.24) is 0 Å². The lowest BCUT2D eigenvalue weighted by Gasteiger charge is -2.37. The van der Waals surface area contributed by atoms with Gasteiger partial charge in [-0.1, -0.05) is 0 Å². The maximum Gasteiger partial charge on any atom is 0.328 e. The Labute approximate surface area is 113 Å². The molecule has 0 heterocycles. The standard InChI is InChI=1S/C14H20N2O3/c1-5-16(14(3,4)13(18)19)11-7-6-10(12(15)17)8-9(11)2/h6-8H,5H2,1-4H3,(H2,15,17)(H,18,19). The largest absolute Gasteiger partial charge is 0.480 e. The highest BCUT2D eigenvalue weighted by Crippen LogP contribution is 2.28. The average molecular weight is 264 g/mol. The summed E-state index contributed by atoms with van der Waals surface area (Å²) in [6.07, 6.45) is 0. The van der Waals surface area contributed by atoms with Gasteiger partial charge in [0.15, 0.2) is 0 Å². The molecule has 3 N–H and O–H groups in total. The minimum Gasteiger partial charge on any atom is -0.480 e. The van der Waals surface area contributed by atoms with Crippen LogP contribution in [0.1, 0.15) is 36.7 Å². The summed E-state index contributed by atoms with van der Waals surface area (Å²) in [5.41, 5.74) is 6.25. The van der Waals surface area contributed by atoms with Crippen LogP contribution in [0.25, 0.3) is 0 Å². The van der Waals surface area contributed by atoms with E-state index in [1.165, 1.54) is 0 Å². The summed E-state index contributed by atoms with van der Waals surface area (Å²) >= 11 is 0. The lowest BCUT2D eigenvalue weighted by atomic mass is 9.99. The van der Waals surface area contributed by atoms with Crippen molar-refractivity contribution in [2.45, 2.75) is 33.2 Å². The molecule has 5 nitrogen and oxygen atoms in total. The van der Waals surface area contributed by atoms with Crippen molar-refractivity contribution in [3.63, 3.8) is 0 Å². The number of likely N-dealkylation sites (N-methyl/N-ethyl adjacent to an activating group) is 1. The van der Waals surface area contributed by atoms with Gasteiger partial charge in [0, 0.05) is 17.8 Å². The van der Waals surface area contributed by atoms with E-state index in [0.29, 0.717) is 12.1 Å². The van der Waals surface area contributed by atoms with Crippen LogP contribution in [0.4, 0.5) is 5.69 Å². The fourth-order valence-corrected chi connectivity index (χ4v) is 2.09. The van der Waals surface area contributed by atoms with Gasteiger partial charge in [-0.3, -0.25) is 4.79 Å². The molecule has 0 aliphatic heterocycles. The number of hydrogen-bond donors (Lipinski definition) is 2. The number of nitrogens with two attached hydrogens (primary N) is 1. The lowest BCUT2D eigenvalue weighted by molar-refractivity contribution is -0.142. The molecule has 0 radical (unpaired) electrons. The Hall–Kier alpha value is -2.04. The van der Waals surface area contributed by atoms with Crippen LogP contribution < -0.4 is 10.6 Å². The van der Waals surface area contributed by atoms with E-state index in [-0.39, 0.29) is 0 Å². The molecule has 0 aromatic heterocycles. The smallest absolute Gasteiger partial charge is 0.328 e. The van der Waals surface area contributed by atoms with Crippen LogP contribution in [0, 0.1) is 6.92 Å². The molecule has 0 unspecified atom stereocenters. The quantitative estimate of drug-likeness (QED) is 0.849. The van der Waals surface area contributed by atoms with E-state index in [2.05, 4.69) is 0 Å². The first kappa shape index (κ1) is 15.0. The Balaban J connectivity index is 3.27. The molecule has 1 rings (SSSR count). The maximum absolute atomic E-state index is 11.4. The van der Waals surface area contributed by atoms with Crippen LogP contribution in [-0.4, -0.2) is 29.1 Å². The third-order valence-corrected chi connectivity index (χ3v) is 3.29. The van der Waals surface area contributed by atoms with Gasteiger partial charge in [-0.2, -0.15) is 0 Å². The predicted molar refractivity (Wildman–Crippen MR) is 74.4 cm³/mol. The first-order valence-electron chi connectivity index (χ1n) is 6.13. The molecule has 0 aliphatic rings. The topological polar surface area (TPSA) is 83.6 Å². The monoisotopic (exact) mass is 264 g/mol. The average Bonchev–Trinajstić information content (AvgIpc) is 2.31. The zero-order chi connectivity index (χ0) is 14.8. The number of carbonyl (C=O) groups excluding carboxylic acids is 1. The van der Waals surface area contributed by atoms with Crippen LogP contribution in [0.15, 0.2) is 18.2 Å². The third-order valence-electron chi connectivity index (χ3n) is 3.29. The van der Waals surface area contributed by atoms with Gasteiger partial charge in [-0.25, -0.2) is 4.79 Å². The van der Waals surface area contributed by atoms with Crippen molar-refractivity contribution >= 4 is 17.6 Å². The molecule has 19 heavy (non-hydrogen) atoms. The number of primary amides is 1. The Bertz CT molecular complexity index is 509. The Morgan fingerprint density at radius 2 is 1.95 bits per heavy atom. The van der Waals surface area contributed by atoms with Crippen molar-refractivity contribution in [3.8, 4) is 0 Å². The Morgan fingerprint density at radius 1 is 1.37 bits per heavy atom. The lowest BCUT2D eigenvalue weighted by Crippen LogP contribution is -2.50. The van der Waals surface area contributed by atoms with Gasteiger partial charge in [-0.05, 0) is 51.5 Å². The molecular formula is C14H20N2O3. The summed E-state index contributed by atoms with van der Waals surface area (Å²) in [6.45, 7) is 7.59. The summed E-state index contributed by atoms with van der Waals surface area (Å²) in [5.74, 6) is -1.39. The molecule has 0 saturated heterocycles. The van der Waals surface area contributed by atoms with Crippen LogP contribution in [-0.2, 0) is 4.79 Å². The summed E-state index contributed by atoms with van der Waals surface area (Å²) in [7, 11) is 0. The van der Waals surface area contributed by atoms with Gasteiger partial charge in [0.05, 0.1) is 0 Å². The van der Waals surface area contributed by atoms with E-state index in [4.69, 9.17) is 5.73 Å². The van der Waals surface area contributed by atoms with Crippen LogP contribution >= 0.6 is 0 Å². The molecule has 0 saturated carbocycles. The van der Waals surface area contributed by atoms with Crippen molar-refractivity contribution in [2.24, 2.45) is 5.73 Å². The van der Waals surface area contributed by atoms with E-state index in [0.717, 1.165) is 11.3 Å². The van der Waals surface area contributed by atoms with Crippen molar-refractivity contribution < 1.29 is 14.7 Å². The Kier molecular flexibility index (Phi) is 4.19. The maximum atomic E-state index is 11.4. The number of anilines is 1. The second-order valence-electron chi connectivity index (χ2n) is 4.97. The number of rotatable bonds is 5. The molecule has 5 heteroatoms. The summed E-state index contributed by atoms with van der Waals surface area (Å²) in [4.78, 5) is 24.3. The molecule has 104 valence electrons. The van der Waals surface area contributed by atoms with Gasteiger partial charge in [0.1, 0.15) is 5.54 Å². The molecule has 1 aromatic rings. The van der Waals surface area contributed by atoms with Crippen LogP contribution in [0.3, 0.4) is 0 Å². The van der Waals surface area contributed by atoms with Gasteiger partial charge >= 0.3 is 5.97 Å². The second kappa shape index (κ2) is 5.30. The normalized spacial score (nSPS) is 11.2. The highest BCUT2D eigenvalue weighted by atomic mass is 16.4. The van der Waals surface area contributed by atoms with Gasteiger partial charge < -0.3 is 15.7 Å². The van der Waals surface area contributed by atoms with Crippen LogP contribution in [0.5, 0.6) is 0 Å². The zero-order valence-electron chi connectivity index (χ0n) is 11.7. The number of carboxylic acids is 1. The summed E-state index contributed by atoms with van der Waals surface area (Å²) < 4.78 is 0. The fraction of sp³-hybridized carbons (Fsp3) is 0.429. The molecule has 0 aliphatic carbocycles. The minimum absolute atomic E-state index is 0.422. The first-order valence-corrected chi connectivity index (χ1v) is 6.13. The van der Waals surface area contributed by atoms with E-state index in [1.54, 1.807) is 36.9 Å². The van der Waals surface area contributed by atoms with Gasteiger partial charge in [0.25, 0.3) is 0 Å². The Morgan fingerprint density at radius 3 is 2.32 bits per heavy atom. The molecule has 1 amide bonds. The highest BCUT2D eigenvalue weighted by Gasteiger charge is 2.34. The molecule has 0 fully saturated rings. The summed E-state index contributed by atoms with van der Waals surface area (Å²) in [5, 5.41) is 9.32. The highest BCUT2D eigenvalue weighted by molar-refractivity contribution is 5.93. The molecular weight excluding hydrogens is 244 g/mol. The number of hydrogen-bond acceptors (Lipinski definition) is 3. The van der Waals surface area contributed by atoms with E-state index >= 15 is 0 Å². The molecule has 0 bridgehead atoms. The van der Waals surface area contributed by atoms with Gasteiger partial charge in [-0.15, -0.1) is 0 Å². The number of amides is 1. The number of aryl methyl sites for hydroxylation is 1. The molecule has 0 atom stereocenters. The zero-order valence-corrected chi connectivity index (χ0v) is 11.7. The van der Waals surface area contributed by atoms with E-state index in [9.17, 15) is 14.7 Å². The van der Waals surface area contributed by atoms with E-state index in [1.807, 2.05) is 13.8 Å². The van der Waals surface area contributed by atoms with Crippen molar-refractivity contribution in [2.75, 3.05) is 11.4 Å². The second-order valence-corrected chi connectivity index (χ2v) is 4.97. The number of aliphatic carboxylic acids is 1. The first-order chi connectivity index (χ1) is 8.71. The van der Waals surface area contributed by atoms with Crippen molar-refractivity contribution in [3.05, 3.63) is 29.3 Å². The van der Waals surface area contributed by atoms with Gasteiger partial charge in [0.2, 0.25) is 5.91 Å². The number of carbonyl (C=O) groups is 2. The number of carboxylic acid groups (broad SMARTS) is 1.